The zero-order chi connectivity index (χ0) is 9.84. The highest BCUT2D eigenvalue weighted by molar-refractivity contribution is 5.04. The van der Waals surface area contributed by atoms with Crippen LogP contribution in [0.3, 0.4) is 0 Å². The Bertz CT molecular complexity index is 229. The van der Waals surface area contributed by atoms with E-state index in [0.717, 1.165) is 12.1 Å². The molecule has 3 heteroatoms. The summed E-state index contributed by atoms with van der Waals surface area (Å²) >= 11 is 0. The van der Waals surface area contributed by atoms with Gasteiger partial charge in [-0.05, 0) is 18.4 Å². The molecule has 0 bridgehead atoms. The summed E-state index contributed by atoms with van der Waals surface area (Å²) in [5, 5.41) is 13.4. The summed E-state index contributed by atoms with van der Waals surface area (Å²) in [6.45, 7) is 7.06. The van der Waals surface area contributed by atoms with Crippen molar-refractivity contribution in [2.45, 2.75) is 39.8 Å². The molecule has 0 aliphatic carbocycles. The van der Waals surface area contributed by atoms with Gasteiger partial charge in [-0.15, -0.1) is 0 Å². The van der Waals surface area contributed by atoms with E-state index in [9.17, 15) is 0 Å². The van der Waals surface area contributed by atoms with Crippen molar-refractivity contribution in [2.75, 3.05) is 0 Å². The predicted molar refractivity (Wildman–Crippen MR) is 52.4 cm³/mol. The van der Waals surface area contributed by atoms with Gasteiger partial charge in [0.25, 0.3) is 0 Å². The largest absolute Gasteiger partial charge is 0.393 e. The molecule has 1 rings (SSSR count). The summed E-state index contributed by atoms with van der Waals surface area (Å²) in [4.78, 5) is 0. The number of aromatic nitrogens is 2. The zero-order valence-corrected chi connectivity index (χ0v) is 8.57. The van der Waals surface area contributed by atoms with Crippen molar-refractivity contribution in [3.63, 3.8) is 0 Å². The zero-order valence-electron chi connectivity index (χ0n) is 8.57. The lowest BCUT2D eigenvalue weighted by Gasteiger charge is -2.03. The third kappa shape index (κ3) is 3.59. The van der Waals surface area contributed by atoms with Crippen molar-refractivity contribution >= 4 is 0 Å². The van der Waals surface area contributed by atoms with Gasteiger partial charge in [0.15, 0.2) is 0 Å². The molecule has 3 nitrogen and oxygen atoms in total. The predicted octanol–water partition coefficient (Wildman–Crippen LogP) is 1.46. The second kappa shape index (κ2) is 4.42. The van der Waals surface area contributed by atoms with Gasteiger partial charge >= 0.3 is 0 Å². The molecule has 1 atom stereocenters. The summed E-state index contributed by atoms with van der Waals surface area (Å²) < 4.78 is 1.93. The van der Waals surface area contributed by atoms with Gasteiger partial charge in [0.2, 0.25) is 0 Å². The van der Waals surface area contributed by atoms with E-state index in [2.05, 4.69) is 18.9 Å². The van der Waals surface area contributed by atoms with E-state index < -0.39 is 0 Å². The van der Waals surface area contributed by atoms with Crippen LogP contribution in [-0.2, 0) is 13.0 Å². The molecule has 0 spiro atoms. The van der Waals surface area contributed by atoms with E-state index in [1.165, 1.54) is 0 Å². The van der Waals surface area contributed by atoms with Crippen molar-refractivity contribution in [1.29, 1.82) is 0 Å². The van der Waals surface area contributed by atoms with Crippen molar-refractivity contribution < 1.29 is 5.11 Å². The molecule has 1 aromatic rings. The first-order chi connectivity index (χ1) is 6.08. The highest BCUT2D eigenvalue weighted by atomic mass is 16.3. The van der Waals surface area contributed by atoms with Gasteiger partial charge in [-0.3, -0.25) is 4.68 Å². The standard InChI is InChI=1S/C10H18N2O/c1-8(2)6-12-7-10(5-11-12)4-9(3)13/h5,7-9,13H,4,6H2,1-3H3. The maximum absolute atomic E-state index is 9.16. The van der Waals surface area contributed by atoms with Crippen LogP contribution in [0.5, 0.6) is 0 Å². The fourth-order valence-electron chi connectivity index (χ4n) is 1.33. The Morgan fingerprint density at radius 3 is 2.69 bits per heavy atom. The summed E-state index contributed by atoms with van der Waals surface area (Å²) in [7, 11) is 0. The van der Waals surface area contributed by atoms with Crippen LogP contribution >= 0.6 is 0 Å². The van der Waals surface area contributed by atoms with Crippen molar-refractivity contribution in [3.05, 3.63) is 18.0 Å². The van der Waals surface area contributed by atoms with Gasteiger partial charge in [0, 0.05) is 19.2 Å². The van der Waals surface area contributed by atoms with Gasteiger partial charge < -0.3 is 5.11 Å². The van der Waals surface area contributed by atoms with E-state index in [0.29, 0.717) is 12.3 Å². The second-order valence-corrected chi connectivity index (χ2v) is 4.02. The Morgan fingerprint density at radius 2 is 2.15 bits per heavy atom. The van der Waals surface area contributed by atoms with Crippen LogP contribution in [0.4, 0.5) is 0 Å². The van der Waals surface area contributed by atoms with Crippen LogP contribution in [0.25, 0.3) is 0 Å². The lowest BCUT2D eigenvalue weighted by molar-refractivity contribution is 0.195. The van der Waals surface area contributed by atoms with Crippen LogP contribution < -0.4 is 0 Å². The monoisotopic (exact) mass is 182 g/mol. The molecule has 0 fully saturated rings. The van der Waals surface area contributed by atoms with Gasteiger partial charge in [0.05, 0.1) is 12.3 Å². The van der Waals surface area contributed by atoms with Crippen molar-refractivity contribution in [3.8, 4) is 0 Å². The molecular weight excluding hydrogens is 164 g/mol. The molecule has 0 aromatic carbocycles. The van der Waals surface area contributed by atoms with Gasteiger partial charge in [-0.1, -0.05) is 13.8 Å². The first-order valence-corrected chi connectivity index (χ1v) is 4.77. The summed E-state index contributed by atoms with van der Waals surface area (Å²) in [6, 6.07) is 0. The van der Waals surface area contributed by atoms with E-state index in [-0.39, 0.29) is 6.10 Å². The average molecular weight is 182 g/mol. The van der Waals surface area contributed by atoms with Crippen LogP contribution in [0.2, 0.25) is 0 Å². The van der Waals surface area contributed by atoms with E-state index >= 15 is 0 Å². The second-order valence-electron chi connectivity index (χ2n) is 4.02. The topological polar surface area (TPSA) is 38.0 Å². The molecule has 13 heavy (non-hydrogen) atoms. The normalized spacial score (nSPS) is 13.6. The van der Waals surface area contributed by atoms with E-state index in [1.807, 2.05) is 17.1 Å². The first kappa shape index (κ1) is 10.3. The molecule has 1 unspecified atom stereocenters. The Hall–Kier alpha value is -0.830. The summed E-state index contributed by atoms with van der Waals surface area (Å²) in [5.74, 6) is 0.610. The van der Waals surface area contributed by atoms with Crippen molar-refractivity contribution in [2.24, 2.45) is 5.92 Å². The fourth-order valence-corrected chi connectivity index (χ4v) is 1.33. The Balaban J connectivity index is 2.53. The number of aliphatic hydroxyl groups excluding tert-OH is 1. The Kier molecular flexibility index (Phi) is 3.48. The van der Waals surface area contributed by atoms with E-state index in [4.69, 9.17) is 5.11 Å². The molecule has 0 aliphatic rings. The van der Waals surface area contributed by atoms with Crippen LogP contribution in [-0.4, -0.2) is 21.0 Å². The highest BCUT2D eigenvalue weighted by Gasteiger charge is 2.03. The maximum atomic E-state index is 9.16. The Morgan fingerprint density at radius 1 is 1.46 bits per heavy atom. The number of hydrogen-bond donors (Lipinski definition) is 1. The van der Waals surface area contributed by atoms with Crippen molar-refractivity contribution in [1.82, 2.24) is 9.78 Å². The number of aliphatic hydroxyl groups is 1. The maximum Gasteiger partial charge on any atom is 0.0553 e. The average Bonchev–Trinajstić information content (AvgIpc) is 2.33. The lowest BCUT2D eigenvalue weighted by Crippen LogP contribution is -2.05. The molecule has 0 radical (unpaired) electrons. The molecule has 0 saturated carbocycles. The molecule has 0 amide bonds. The van der Waals surface area contributed by atoms with Crippen LogP contribution in [0, 0.1) is 5.92 Å². The molecule has 74 valence electrons. The van der Waals surface area contributed by atoms with Gasteiger partial charge in [0.1, 0.15) is 0 Å². The smallest absolute Gasteiger partial charge is 0.0553 e. The molecular formula is C10H18N2O. The van der Waals surface area contributed by atoms with Gasteiger partial charge in [-0.25, -0.2) is 0 Å². The van der Waals surface area contributed by atoms with Crippen LogP contribution in [0.15, 0.2) is 12.4 Å². The SMILES string of the molecule is CC(C)Cn1cc(CC(C)O)cn1. The lowest BCUT2D eigenvalue weighted by atomic mass is 10.2. The summed E-state index contributed by atoms with van der Waals surface area (Å²) in [5.41, 5.74) is 1.11. The minimum atomic E-state index is -0.281. The third-order valence-corrected chi connectivity index (χ3v) is 1.77. The molecule has 1 aromatic heterocycles. The first-order valence-electron chi connectivity index (χ1n) is 4.77. The van der Waals surface area contributed by atoms with Gasteiger partial charge in [-0.2, -0.15) is 5.10 Å². The minimum Gasteiger partial charge on any atom is -0.393 e. The molecule has 0 aliphatic heterocycles. The molecule has 0 saturated heterocycles. The molecule has 1 heterocycles. The summed E-state index contributed by atoms with van der Waals surface area (Å²) in [6.07, 6.45) is 4.25. The highest BCUT2D eigenvalue weighted by Crippen LogP contribution is 2.04. The Labute approximate surface area is 79.4 Å². The minimum absolute atomic E-state index is 0.281. The van der Waals surface area contributed by atoms with E-state index in [1.54, 1.807) is 6.92 Å². The number of nitrogens with zero attached hydrogens (tertiary/aromatic N) is 2. The quantitative estimate of drug-likeness (QED) is 0.765. The van der Waals surface area contributed by atoms with Crippen LogP contribution in [0.1, 0.15) is 26.3 Å². The third-order valence-electron chi connectivity index (χ3n) is 1.77. The fraction of sp³-hybridized carbons (Fsp3) is 0.700. The number of rotatable bonds is 4. The number of hydrogen-bond acceptors (Lipinski definition) is 2. The molecule has 1 N–H and O–H groups in total.